The van der Waals surface area contributed by atoms with E-state index < -0.39 is 17.4 Å². The third-order valence-electron chi connectivity index (χ3n) is 6.46. The Balaban J connectivity index is 1.52. The van der Waals surface area contributed by atoms with Crippen LogP contribution in [-0.4, -0.2) is 27.9 Å². The van der Waals surface area contributed by atoms with Crippen molar-refractivity contribution in [2.45, 2.75) is 55.9 Å². The highest BCUT2D eigenvalue weighted by Crippen LogP contribution is 2.63. The van der Waals surface area contributed by atoms with Gasteiger partial charge < -0.3 is 10.4 Å². The lowest BCUT2D eigenvalue weighted by Gasteiger charge is -2.59. The second-order valence-corrected chi connectivity index (χ2v) is 10.2. The van der Waals surface area contributed by atoms with Gasteiger partial charge >= 0.3 is 5.97 Å². The van der Waals surface area contributed by atoms with Gasteiger partial charge in [-0.05, 0) is 62.0 Å². The molecule has 4 fully saturated rings. The number of carboxylic acid groups (broad SMARTS) is 1. The minimum atomic E-state index is -1.00. The van der Waals surface area contributed by atoms with E-state index in [-0.39, 0.29) is 17.2 Å². The molecule has 4 aliphatic carbocycles. The molecule has 0 radical (unpaired) electrons. The van der Waals surface area contributed by atoms with Crippen LogP contribution in [-0.2, 0) is 16.0 Å². The molecule has 3 unspecified atom stereocenters. The third kappa shape index (κ3) is 3.29. The van der Waals surface area contributed by atoms with Crippen molar-refractivity contribution in [3.8, 4) is 0 Å². The van der Waals surface area contributed by atoms with Gasteiger partial charge in [0, 0.05) is 15.8 Å². The van der Waals surface area contributed by atoms with E-state index in [0.717, 1.165) is 35.7 Å². The average Bonchev–Trinajstić information content (AvgIpc) is 2.53. The number of benzene rings is 1. The summed E-state index contributed by atoms with van der Waals surface area (Å²) in [6, 6.07) is 6.59. The number of aliphatic carboxylic acids is 1. The molecule has 140 valence electrons. The summed E-state index contributed by atoms with van der Waals surface area (Å²) in [5, 5.41) is 12.5. The molecule has 1 amide bonds. The van der Waals surface area contributed by atoms with Gasteiger partial charge in [0.15, 0.2) is 0 Å². The molecule has 0 saturated heterocycles. The molecule has 0 aliphatic heterocycles. The Kier molecular flexibility index (Phi) is 4.59. The van der Waals surface area contributed by atoms with E-state index in [1.165, 1.54) is 6.42 Å². The highest BCUT2D eigenvalue weighted by atomic mass is 79.9. The first-order valence-corrected chi connectivity index (χ1v) is 10.4. The lowest BCUT2D eigenvalue weighted by atomic mass is 9.49. The maximum Gasteiger partial charge on any atom is 0.326 e. The summed E-state index contributed by atoms with van der Waals surface area (Å²) in [7, 11) is 0. The van der Waals surface area contributed by atoms with E-state index in [4.69, 9.17) is 11.6 Å². The molecule has 0 spiro atoms. The Bertz CT molecular complexity index is 738. The van der Waals surface area contributed by atoms with E-state index in [9.17, 15) is 14.7 Å². The van der Waals surface area contributed by atoms with Crippen LogP contribution in [0.3, 0.4) is 0 Å². The Hall–Kier alpha value is -1.07. The standard InChI is InChI=1S/C20H23BrClNO3/c21-15-4-2-1-3-14(15)6-16(17(24)25)23-18(26)19-7-12-5-13(8-19)10-20(22,9-12)11-19/h1-4,12-13,16H,5-11H2,(H,23,26)(H,24,25). The van der Waals surface area contributed by atoms with Crippen LogP contribution >= 0.6 is 27.5 Å². The molecule has 3 atom stereocenters. The van der Waals surface area contributed by atoms with Crippen LogP contribution in [0.1, 0.15) is 44.1 Å². The number of nitrogens with one attached hydrogen (secondary N) is 1. The Labute approximate surface area is 166 Å². The van der Waals surface area contributed by atoms with Gasteiger partial charge in [0.2, 0.25) is 5.91 Å². The zero-order valence-electron chi connectivity index (χ0n) is 14.5. The minimum Gasteiger partial charge on any atom is -0.480 e. The first-order chi connectivity index (χ1) is 12.3. The Morgan fingerprint density at radius 3 is 2.46 bits per heavy atom. The van der Waals surface area contributed by atoms with E-state index in [1.54, 1.807) is 0 Å². The average molecular weight is 441 g/mol. The quantitative estimate of drug-likeness (QED) is 0.676. The molecule has 5 rings (SSSR count). The van der Waals surface area contributed by atoms with E-state index in [1.807, 2.05) is 24.3 Å². The molecule has 4 saturated carbocycles. The smallest absolute Gasteiger partial charge is 0.326 e. The summed E-state index contributed by atoms with van der Waals surface area (Å²) < 4.78 is 0.856. The van der Waals surface area contributed by atoms with Crippen LogP contribution in [0.2, 0.25) is 0 Å². The lowest BCUT2D eigenvalue weighted by Crippen LogP contribution is -2.60. The maximum absolute atomic E-state index is 13.2. The summed E-state index contributed by atoms with van der Waals surface area (Å²) in [6.07, 6.45) is 5.82. The SMILES string of the molecule is O=C(O)C(Cc1ccccc1Br)NC(=O)C12CC3CC(CC(Cl)(C3)C1)C2. The van der Waals surface area contributed by atoms with Gasteiger partial charge in [-0.2, -0.15) is 0 Å². The predicted octanol–water partition coefficient (Wildman–Crippen LogP) is 4.14. The first-order valence-electron chi connectivity index (χ1n) is 9.25. The number of halogens is 2. The minimum absolute atomic E-state index is 0.115. The molecule has 4 bridgehead atoms. The van der Waals surface area contributed by atoms with Crippen LogP contribution < -0.4 is 5.32 Å². The monoisotopic (exact) mass is 439 g/mol. The highest BCUT2D eigenvalue weighted by molar-refractivity contribution is 9.10. The Morgan fingerprint density at radius 2 is 1.88 bits per heavy atom. The van der Waals surface area contributed by atoms with Crippen molar-refractivity contribution < 1.29 is 14.7 Å². The van der Waals surface area contributed by atoms with E-state index in [2.05, 4.69) is 21.2 Å². The molecule has 6 heteroatoms. The van der Waals surface area contributed by atoms with Crippen molar-refractivity contribution >= 4 is 39.4 Å². The maximum atomic E-state index is 13.2. The van der Waals surface area contributed by atoms with E-state index in [0.29, 0.717) is 18.3 Å². The van der Waals surface area contributed by atoms with Crippen molar-refractivity contribution in [2.75, 3.05) is 0 Å². The van der Waals surface area contributed by atoms with Crippen molar-refractivity contribution in [1.82, 2.24) is 5.32 Å². The lowest BCUT2D eigenvalue weighted by molar-refractivity contribution is -0.150. The van der Waals surface area contributed by atoms with Gasteiger partial charge in [-0.1, -0.05) is 34.1 Å². The van der Waals surface area contributed by atoms with Gasteiger partial charge in [-0.15, -0.1) is 11.6 Å². The zero-order valence-corrected chi connectivity index (χ0v) is 16.9. The van der Waals surface area contributed by atoms with Crippen molar-refractivity contribution in [3.05, 3.63) is 34.3 Å². The fourth-order valence-electron chi connectivity index (χ4n) is 5.81. The summed E-state index contributed by atoms with van der Waals surface area (Å²) >= 11 is 10.3. The number of hydrogen-bond acceptors (Lipinski definition) is 2. The van der Waals surface area contributed by atoms with Gasteiger partial charge in [0.05, 0.1) is 5.41 Å². The number of carbonyl (C=O) groups is 2. The molecule has 4 nitrogen and oxygen atoms in total. The summed E-state index contributed by atoms with van der Waals surface area (Å²) in [6.45, 7) is 0. The summed E-state index contributed by atoms with van der Waals surface area (Å²) in [5.41, 5.74) is 0.396. The number of carboxylic acids is 1. The molecule has 1 aromatic rings. The van der Waals surface area contributed by atoms with Gasteiger partial charge in [0.25, 0.3) is 0 Å². The molecule has 0 heterocycles. The zero-order chi connectivity index (χ0) is 18.5. The largest absolute Gasteiger partial charge is 0.480 e. The van der Waals surface area contributed by atoms with Crippen LogP contribution in [0.4, 0.5) is 0 Å². The summed E-state index contributed by atoms with van der Waals surface area (Å²) in [5.74, 6) is -0.104. The summed E-state index contributed by atoms with van der Waals surface area (Å²) in [4.78, 5) is 24.7. The van der Waals surface area contributed by atoms with Crippen LogP contribution in [0.15, 0.2) is 28.7 Å². The molecule has 26 heavy (non-hydrogen) atoms. The van der Waals surface area contributed by atoms with Gasteiger partial charge in [0.1, 0.15) is 6.04 Å². The van der Waals surface area contributed by atoms with E-state index >= 15 is 0 Å². The third-order valence-corrected chi connectivity index (χ3v) is 7.67. The number of amides is 1. The predicted molar refractivity (Wildman–Crippen MR) is 103 cm³/mol. The number of alkyl halides is 1. The van der Waals surface area contributed by atoms with Crippen LogP contribution in [0.5, 0.6) is 0 Å². The molecule has 4 aliphatic rings. The van der Waals surface area contributed by atoms with Crippen LogP contribution in [0.25, 0.3) is 0 Å². The van der Waals surface area contributed by atoms with Crippen LogP contribution in [0, 0.1) is 17.3 Å². The Morgan fingerprint density at radius 1 is 1.23 bits per heavy atom. The molecule has 1 aromatic carbocycles. The number of hydrogen-bond donors (Lipinski definition) is 2. The first kappa shape index (κ1) is 18.3. The number of rotatable bonds is 5. The second kappa shape index (κ2) is 6.52. The molecular weight excluding hydrogens is 418 g/mol. The topological polar surface area (TPSA) is 66.4 Å². The fraction of sp³-hybridized carbons (Fsp3) is 0.600. The van der Waals surface area contributed by atoms with Crippen molar-refractivity contribution in [2.24, 2.45) is 17.3 Å². The highest BCUT2D eigenvalue weighted by Gasteiger charge is 2.60. The van der Waals surface area contributed by atoms with Crippen molar-refractivity contribution in [1.29, 1.82) is 0 Å². The molecular formula is C20H23BrClNO3. The number of carbonyl (C=O) groups excluding carboxylic acids is 1. The normalized spacial score (nSPS) is 35.9. The fourth-order valence-corrected chi connectivity index (χ4v) is 6.95. The molecule has 2 N–H and O–H groups in total. The van der Waals surface area contributed by atoms with Gasteiger partial charge in [-0.25, -0.2) is 4.79 Å². The second-order valence-electron chi connectivity index (χ2n) is 8.55. The van der Waals surface area contributed by atoms with Gasteiger partial charge in [-0.3, -0.25) is 4.79 Å². The molecule has 0 aromatic heterocycles. The van der Waals surface area contributed by atoms with Crippen molar-refractivity contribution in [3.63, 3.8) is 0 Å².